The third-order valence-electron chi connectivity index (χ3n) is 7.53. The van der Waals surface area contributed by atoms with Gasteiger partial charge in [0.25, 0.3) is 0 Å². The van der Waals surface area contributed by atoms with Crippen LogP contribution >= 0.6 is 0 Å². The third-order valence-corrected chi connectivity index (χ3v) is 7.53. The molecule has 2 fully saturated rings. The van der Waals surface area contributed by atoms with E-state index in [1.165, 1.54) is 46.2 Å². The Bertz CT molecular complexity index is 1350. The molecule has 0 aromatic heterocycles. The average Bonchev–Trinajstić information content (AvgIpc) is 3.85. The van der Waals surface area contributed by atoms with Crippen LogP contribution in [0.5, 0.6) is 11.5 Å². The summed E-state index contributed by atoms with van der Waals surface area (Å²) in [6.07, 6.45) is 2.81. The number of hydrogen-bond donors (Lipinski definition) is 0. The average molecular weight is 461 g/mol. The summed E-state index contributed by atoms with van der Waals surface area (Å²) in [5.74, 6) is 2.56. The summed E-state index contributed by atoms with van der Waals surface area (Å²) in [6, 6.07) is 34.9. The van der Waals surface area contributed by atoms with E-state index >= 15 is 0 Å². The molecule has 4 aromatic carbocycles. The van der Waals surface area contributed by atoms with Gasteiger partial charge in [0.2, 0.25) is 0 Å². The fourth-order valence-corrected chi connectivity index (χ4v) is 5.48. The van der Waals surface area contributed by atoms with Crippen molar-refractivity contribution >= 4 is 0 Å². The van der Waals surface area contributed by atoms with Crippen LogP contribution in [0.2, 0.25) is 0 Å². The molecule has 4 aromatic rings. The number of ether oxygens (including phenoxy) is 3. The molecule has 3 aliphatic rings. The van der Waals surface area contributed by atoms with Crippen molar-refractivity contribution in [1.29, 1.82) is 0 Å². The summed E-state index contributed by atoms with van der Waals surface area (Å²) >= 11 is 0. The van der Waals surface area contributed by atoms with Gasteiger partial charge in [0, 0.05) is 0 Å². The number of fused-ring (bicyclic) bond motifs is 3. The fraction of sp³-hybridized carbons (Fsp3) is 0.250. The van der Waals surface area contributed by atoms with Gasteiger partial charge in [-0.3, -0.25) is 0 Å². The van der Waals surface area contributed by atoms with Gasteiger partial charge in [-0.2, -0.15) is 0 Å². The van der Waals surface area contributed by atoms with Crippen molar-refractivity contribution < 1.29 is 14.2 Å². The van der Waals surface area contributed by atoms with E-state index in [-0.39, 0.29) is 6.10 Å². The Hall–Kier alpha value is -3.56. The summed E-state index contributed by atoms with van der Waals surface area (Å²) in [4.78, 5) is 0. The monoisotopic (exact) mass is 460 g/mol. The first-order valence-electron chi connectivity index (χ1n) is 12.6. The highest BCUT2D eigenvalue weighted by atomic mass is 16.6. The van der Waals surface area contributed by atoms with Crippen LogP contribution in [-0.4, -0.2) is 25.9 Å². The third kappa shape index (κ3) is 3.62. The molecule has 0 amide bonds. The Morgan fingerprint density at radius 3 is 2.09 bits per heavy atom. The fourth-order valence-electron chi connectivity index (χ4n) is 5.48. The van der Waals surface area contributed by atoms with Gasteiger partial charge in [0.15, 0.2) is 0 Å². The molecule has 2 unspecified atom stereocenters. The first-order chi connectivity index (χ1) is 17.3. The first kappa shape index (κ1) is 20.8. The Kier molecular flexibility index (Phi) is 4.92. The quantitative estimate of drug-likeness (QED) is 0.244. The van der Waals surface area contributed by atoms with Crippen LogP contribution in [0.1, 0.15) is 35.1 Å². The van der Waals surface area contributed by atoms with Crippen molar-refractivity contribution in [3.63, 3.8) is 0 Å². The SMILES string of the molecule is c1ccc(C2(c3ccc(OCC4CC4)cc3)c3ccccc3-c3ccc(OCC4CO4)cc32)cc1. The van der Waals surface area contributed by atoms with Crippen molar-refractivity contribution in [2.24, 2.45) is 5.92 Å². The molecular weight excluding hydrogens is 432 g/mol. The molecule has 3 nitrogen and oxygen atoms in total. The molecule has 0 N–H and O–H groups in total. The maximum absolute atomic E-state index is 6.15. The summed E-state index contributed by atoms with van der Waals surface area (Å²) in [5.41, 5.74) is 7.14. The molecular formula is C32H28O3. The number of benzene rings is 4. The van der Waals surface area contributed by atoms with Crippen LogP contribution in [0.4, 0.5) is 0 Å². The van der Waals surface area contributed by atoms with E-state index in [1.807, 2.05) is 0 Å². The Labute approximate surface area is 206 Å². The Balaban J connectivity index is 1.40. The molecule has 2 atom stereocenters. The predicted octanol–water partition coefficient (Wildman–Crippen LogP) is 6.62. The van der Waals surface area contributed by atoms with Crippen LogP contribution in [-0.2, 0) is 10.2 Å². The molecule has 3 heteroatoms. The summed E-state index contributed by atoms with van der Waals surface area (Å²) in [5, 5.41) is 0. The molecule has 0 spiro atoms. The molecule has 35 heavy (non-hydrogen) atoms. The highest BCUT2D eigenvalue weighted by Gasteiger charge is 2.46. The summed E-state index contributed by atoms with van der Waals surface area (Å²) in [6.45, 7) is 2.21. The minimum absolute atomic E-state index is 0.225. The standard InChI is InChI=1S/C32H28O3/c1-2-6-23(7-3-1)32(24-12-14-25(15-13-24)33-19-22-10-11-22)30-9-5-4-8-28(30)29-17-16-26(18-31(29)32)34-20-27-21-35-27/h1-9,12-18,22,27H,10-11,19-21H2. The zero-order valence-electron chi connectivity index (χ0n) is 19.7. The van der Waals surface area contributed by atoms with Gasteiger partial charge >= 0.3 is 0 Å². The van der Waals surface area contributed by atoms with E-state index in [0.717, 1.165) is 30.6 Å². The van der Waals surface area contributed by atoms with Gasteiger partial charge in [0.1, 0.15) is 24.2 Å². The maximum atomic E-state index is 6.15. The van der Waals surface area contributed by atoms with Crippen molar-refractivity contribution in [3.05, 3.63) is 119 Å². The van der Waals surface area contributed by atoms with E-state index in [1.54, 1.807) is 0 Å². The lowest BCUT2D eigenvalue weighted by Crippen LogP contribution is -2.28. The maximum Gasteiger partial charge on any atom is 0.119 e. The second-order valence-electron chi connectivity index (χ2n) is 9.91. The lowest BCUT2D eigenvalue weighted by atomic mass is 9.67. The molecule has 1 saturated carbocycles. The van der Waals surface area contributed by atoms with Crippen molar-refractivity contribution in [1.82, 2.24) is 0 Å². The number of rotatable bonds is 8. The molecule has 7 rings (SSSR count). The number of epoxide rings is 1. The van der Waals surface area contributed by atoms with Gasteiger partial charge in [-0.05, 0) is 76.4 Å². The zero-order chi connectivity index (χ0) is 23.2. The zero-order valence-corrected chi connectivity index (χ0v) is 19.7. The van der Waals surface area contributed by atoms with Gasteiger partial charge in [-0.15, -0.1) is 0 Å². The first-order valence-corrected chi connectivity index (χ1v) is 12.6. The lowest BCUT2D eigenvalue weighted by molar-refractivity contribution is 0.263. The van der Waals surface area contributed by atoms with Crippen molar-refractivity contribution in [2.75, 3.05) is 19.8 Å². The van der Waals surface area contributed by atoms with Crippen LogP contribution in [0.15, 0.2) is 97.1 Å². The van der Waals surface area contributed by atoms with Gasteiger partial charge in [-0.1, -0.05) is 72.8 Å². The second kappa shape index (κ2) is 8.28. The highest BCUT2D eigenvalue weighted by molar-refractivity contribution is 5.86. The van der Waals surface area contributed by atoms with Crippen molar-refractivity contribution in [2.45, 2.75) is 24.4 Å². The smallest absolute Gasteiger partial charge is 0.119 e. The van der Waals surface area contributed by atoms with E-state index in [0.29, 0.717) is 6.61 Å². The van der Waals surface area contributed by atoms with E-state index < -0.39 is 5.41 Å². The van der Waals surface area contributed by atoms with Gasteiger partial charge < -0.3 is 14.2 Å². The minimum atomic E-state index is -0.433. The molecule has 0 radical (unpaired) electrons. The normalized spacial score (nSPS) is 21.8. The summed E-state index contributed by atoms with van der Waals surface area (Å²) in [7, 11) is 0. The Morgan fingerprint density at radius 2 is 1.31 bits per heavy atom. The highest BCUT2D eigenvalue weighted by Crippen LogP contribution is 2.56. The van der Waals surface area contributed by atoms with Gasteiger partial charge in [-0.25, -0.2) is 0 Å². The van der Waals surface area contributed by atoms with E-state index in [2.05, 4.69) is 97.1 Å². The predicted molar refractivity (Wildman–Crippen MR) is 137 cm³/mol. The molecule has 2 aliphatic carbocycles. The van der Waals surface area contributed by atoms with Crippen LogP contribution in [0, 0.1) is 5.92 Å². The summed E-state index contributed by atoms with van der Waals surface area (Å²) < 4.78 is 17.6. The van der Waals surface area contributed by atoms with Gasteiger partial charge in [0.05, 0.1) is 18.6 Å². The number of hydrogen-bond acceptors (Lipinski definition) is 3. The molecule has 174 valence electrons. The van der Waals surface area contributed by atoms with E-state index in [9.17, 15) is 0 Å². The largest absolute Gasteiger partial charge is 0.493 e. The molecule has 1 saturated heterocycles. The minimum Gasteiger partial charge on any atom is -0.493 e. The van der Waals surface area contributed by atoms with Crippen LogP contribution in [0.25, 0.3) is 11.1 Å². The second-order valence-corrected chi connectivity index (χ2v) is 9.91. The molecule has 0 bridgehead atoms. The van der Waals surface area contributed by atoms with Crippen LogP contribution < -0.4 is 9.47 Å². The molecule has 1 aliphatic heterocycles. The van der Waals surface area contributed by atoms with Crippen LogP contribution in [0.3, 0.4) is 0 Å². The lowest BCUT2D eigenvalue weighted by Gasteiger charge is -2.34. The topological polar surface area (TPSA) is 31.0 Å². The Morgan fingerprint density at radius 1 is 0.657 bits per heavy atom. The molecule has 1 heterocycles. The van der Waals surface area contributed by atoms with Crippen molar-refractivity contribution in [3.8, 4) is 22.6 Å². The van der Waals surface area contributed by atoms with E-state index in [4.69, 9.17) is 14.2 Å².